The molecule has 28 nitrogen and oxygen atoms in total. The van der Waals surface area contributed by atoms with E-state index in [0.29, 0.717) is 12.2 Å². The van der Waals surface area contributed by atoms with Gasteiger partial charge in [0, 0.05) is 4.90 Å². The number of fused-ring (bicyclic) bond motifs is 2. The summed E-state index contributed by atoms with van der Waals surface area (Å²) in [5, 5.41) is 44.9. The Kier molecular flexibility index (Phi) is 8.47. The van der Waals surface area contributed by atoms with Crippen LogP contribution in [0.3, 0.4) is 0 Å². The number of ether oxygens (including phenoxy) is 3. The molecule has 0 bridgehead atoms. The monoisotopic (exact) mass is 734 g/mol. The predicted molar refractivity (Wildman–Crippen MR) is 139 cm³/mol. The number of hydrogen-bond acceptors (Lipinski definition) is 19. The number of aromatic nitrogens is 4. The minimum absolute atomic E-state index is 0.301. The number of allylic oxidation sites excluding steroid dienone is 2. The smallest absolute Gasteiger partial charge is 0.417 e. The normalized spacial score (nSPS) is 28.4. The number of H-pyrrole nitrogens is 1. The third-order valence-electron chi connectivity index (χ3n) is 6.29. The Balaban J connectivity index is 1.56. The van der Waals surface area contributed by atoms with Crippen molar-refractivity contribution >= 4 is 46.3 Å². The minimum Gasteiger partial charge on any atom is -0.417 e. The van der Waals surface area contributed by atoms with Crippen LogP contribution < -0.4 is 11.3 Å². The summed E-state index contributed by atoms with van der Waals surface area (Å²) in [6, 6.07) is 0. The van der Waals surface area contributed by atoms with Crippen molar-refractivity contribution < 1.29 is 80.6 Å². The van der Waals surface area contributed by atoms with Crippen LogP contribution in [0.5, 0.6) is 0 Å². The summed E-state index contributed by atoms with van der Waals surface area (Å²) in [7, 11) is -17.5. The van der Waals surface area contributed by atoms with Crippen molar-refractivity contribution in [3.05, 3.63) is 65.7 Å². The van der Waals surface area contributed by atoms with Gasteiger partial charge in [-0.05, 0) is 0 Å². The molecule has 2 unspecified atom stereocenters. The van der Waals surface area contributed by atoms with Crippen molar-refractivity contribution in [1.29, 1.82) is 0 Å². The van der Waals surface area contributed by atoms with E-state index in [1.807, 2.05) is 0 Å². The van der Waals surface area contributed by atoms with Crippen molar-refractivity contribution in [2.75, 3.05) is 12.3 Å². The van der Waals surface area contributed by atoms with Crippen molar-refractivity contribution in [2.24, 2.45) is 0 Å². The van der Waals surface area contributed by atoms with Crippen LogP contribution in [0.4, 0.5) is 5.95 Å². The SMILES string of the molecule is Nc1nc2c(ncn2[C@@H]2O[C@H](COP(=O)(O)OP(=O)(O)OP(=O)(O)O)[C@H]3OC4(O[C@H]32)C([N+](=O)[O-])=CC(=[N+]([O-])O)C=C4[N+](=O)[O-])c(=O)[nH]1. The van der Waals surface area contributed by atoms with Gasteiger partial charge in [0.2, 0.25) is 5.95 Å². The molecule has 2 saturated heterocycles. The lowest BCUT2D eigenvalue weighted by atomic mass is 10.0. The summed E-state index contributed by atoms with van der Waals surface area (Å²) < 4.78 is 65.0. The molecule has 0 radical (unpaired) electrons. The number of phosphoric ester groups is 1. The van der Waals surface area contributed by atoms with Crippen LogP contribution in [0.2, 0.25) is 0 Å². The maximum Gasteiger partial charge on any atom is 0.490 e. The lowest BCUT2D eigenvalue weighted by Gasteiger charge is -2.27. The Morgan fingerprint density at radius 1 is 1.02 bits per heavy atom. The van der Waals surface area contributed by atoms with Gasteiger partial charge >= 0.3 is 40.6 Å². The third-order valence-corrected chi connectivity index (χ3v) is 10.1. The quantitative estimate of drug-likeness (QED) is 0.0460. The highest BCUT2D eigenvalue weighted by Crippen LogP contribution is 2.66. The number of nitrogens with zero attached hydrogens (tertiary/aromatic N) is 6. The van der Waals surface area contributed by atoms with Crippen molar-refractivity contribution in [2.45, 2.75) is 30.3 Å². The second kappa shape index (κ2) is 11.6. The first kappa shape index (κ1) is 34.3. The fourth-order valence-electron chi connectivity index (χ4n) is 4.69. The molecule has 2 aromatic heterocycles. The van der Waals surface area contributed by atoms with E-state index in [1.54, 1.807) is 0 Å². The summed E-state index contributed by atoms with van der Waals surface area (Å²) >= 11 is 0. The summed E-state index contributed by atoms with van der Waals surface area (Å²) in [5.41, 5.74) is 0.505. The Bertz CT molecular complexity index is 1940. The molecule has 0 saturated carbocycles. The number of hydrogen-bond donors (Lipinski definition) is 7. The number of nitrogens with one attached hydrogen (secondary N) is 1. The fraction of sp³-hybridized carbons (Fsp3) is 0.375. The fourth-order valence-corrected chi connectivity index (χ4v) is 7.72. The highest BCUT2D eigenvalue weighted by Gasteiger charge is 2.70. The second-order valence-corrected chi connectivity index (χ2v) is 13.7. The third kappa shape index (κ3) is 6.58. The predicted octanol–water partition coefficient (Wildman–Crippen LogP) is -1.90. The molecule has 3 aliphatic rings. The zero-order valence-corrected chi connectivity index (χ0v) is 24.9. The van der Waals surface area contributed by atoms with E-state index in [0.717, 1.165) is 10.9 Å². The van der Waals surface area contributed by atoms with Gasteiger partial charge in [0.25, 0.3) is 11.3 Å². The Labute approximate surface area is 255 Å². The Hall–Kier alpha value is -4.01. The van der Waals surface area contributed by atoms with Gasteiger partial charge in [-0.1, -0.05) is 0 Å². The van der Waals surface area contributed by atoms with Crippen LogP contribution in [0, 0.1) is 25.4 Å². The largest absolute Gasteiger partial charge is 0.490 e. The molecule has 1 aliphatic carbocycles. The molecular formula is C16H17N8O20P3. The number of nitrogens with two attached hydrogens (primary N) is 1. The number of aromatic amines is 1. The van der Waals surface area contributed by atoms with E-state index < -0.39 is 104 Å². The second-order valence-electron chi connectivity index (χ2n) is 9.28. The number of nitro groups is 2. The first-order valence-electron chi connectivity index (χ1n) is 11.9. The molecule has 6 atom stereocenters. The molecular weight excluding hydrogens is 717 g/mol. The molecule has 5 rings (SSSR count). The zero-order valence-electron chi connectivity index (χ0n) is 22.2. The van der Waals surface area contributed by atoms with Crippen LogP contribution in [0.1, 0.15) is 6.23 Å². The number of imidazole rings is 1. The van der Waals surface area contributed by atoms with E-state index in [2.05, 4.69) is 28.1 Å². The van der Waals surface area contributed by atoms with Gasteiger partial charge in [-0.15, -0.1) is 0 Å². The van der Waals surface area contributed by atoms with Crippen LogP contribution >= 0.6 is 23.5 Å². The van der Waals surface area contributed by atoms with Crippen molar-refractivity contribution in [1.82, 2.24) is 19.5 Å². The number of rotatable bonds is 10. The van der Waals surface area contributed by atoms with Crippen LogP contribution in [-0.4, -0.2) is 95.5 Å². The highest BCUT2D eigenvalue weighted by molar-refractivity contribution is 7.66. The summed E-state index contributed by atoms with van der Waals surface area (Å²) in [5.74, 6) is -3.51. The van der Waals surface area contributed by atoms with Gasteiger partial charge in [-0.25, -0.2) is 18.7 Å². The Morgan fingerprint density at radius 3 is 2.17 bits per heavy atom. The first-order chi connectivity index (χ1) is 21.6. The molecule has 2 aromatic rings. The summed E-state index contributed by atoms with van der Waals surface area (Å²) in [6.07, 6.45) is -5.32. The van der Waals surface area contributed by atoms with Gasteiger partial charge in [-0.2, -0.15) is 13.6 Å². The van der Waals surface area contributed by atoms with Crippen LogP contribution in [-0.2, 0) is 41.1 Å². The molecule has 2 aliphatic heterocycles. The maximum atomic E-state index is 12.4. The van der Waals surface area contributed by atoms with Gasteiger partial charge in [0.1, 0.15) is 18.3 Å². The summed E-state index contributed by atoms with van der Waals surface area (Å²) in [4.78, 5) is 79.8. The molecule has 0 aromatic carbocycles. The molecule has 0 amide bonds. The molecule has 256 valence electrons. The van der Waals surface area contributed by atoms with E-state index in [-0.39, 0.29) is 11.2 Å². The average molecular weight is 734 g/mol. The molecule has 31 heteroatoms. The van der Waals surface area contributed by atoms with E-state index in [1.165, 1.54) is 0 Å². The summed E-state index contributed by atoms with van der Waals surface area (Å²) in [6.45, 7) is -1.25. The topological polar surface area (TPSA) is 410 Å². The van der Waals surface area contributed by atoms with Gasteiger partial charge < -0.3 is 44.7 Å². The molecule has 2 fully saturated rings. The standard InChI is InChI=1S/C16H17N8O20P3/c17-15-19-12-9(13(25)20-15)18-4-21(12)14-11-10(6(40-14)3-39-46(35,36)44-47(37,38)43-45(32,33)34)41-16(42-11)7(23(28)29)1-5(22(26)27)2-8(16)24(30)31/h1-2,4,6,10-11,14H,3H2,(H,26,27)(H,35,36)(H,37,38)(H2,32,33,34)(H3,17,19,20,25)/t6-,10-,11-,14-/m1/s1. The average Bonchev–Trinajstić information content (AvgIpc) is 3.57. The Morgan fingerprint density at radius 2 is 1.62 bits per heavy atom. The van der Waals surface area contributed by atoms with Crippen molar-refractivity contribution in [3.63, 3.8) is 0 Å². The number of phosphoric acid groups is 3. The van der Waals surface area contributed by atoms with Gasteiger partial charge in [-0.3, -0.25) is 44.3 Å². The molecule has 1 spiro atoms. The maximum absolute atomic E-state index is 12.4. The highest BCUT2D eigenvalue weighted by atomic mass is 31.3. The molecule has 8 N–H and O–H groups in total. The lowest BCUT2D eigenvalue weighted by Crippen LogP contribution is -2.46. The van der Waals surface area contributed by atoms with Crippen molar-refractivity contribution in [3.8, 4) is 0 Å². The lowest BCUT2D eigenvalue weighted by molar-refractivity contribution is -0.725. The van der Waals surface area contributed by atoms with E-state index >= 15 is 0 Å². The van der Waals surface area contributed by atoms with Crippen LogP contribution in [0.25, 0.3) is 11.2 Å². The molecule has 47 heavy (non-hydrogen) atoms. The van der Waals surface area contributed by atoms with Gasteiger partial charge in [0.15, 0.2) is 17.4 Å². The zero-order chi connectivity index (χ0) is 34.9. The van der Waals surface area contributed by atoms with Gasteiger partial charge in [0.05, 0.1) is 34.9 Å². The van der Waals surface area contributed by atoms with E-state index in [9.17, 15) is 58.9 Å². The number of anilines is 1. The van der Waals surface area contributed by atoms with E-state index in [4.69, 9.17) is 29.7 Å². The first-order valence-corrected chi connectivity index (χ1v) is 16.4. The molecule has 4 heterocycles. The number of nitrogen functional groups attached to an aromatic ring is 1. The minimum atomic E-state index is -5.97. The van der Waals surface area contributed by atoms with Crippen LogP contribution in [0.15, 0.2) is 34.7 Å².